The normalized spacial score (nSPS) is 19.6. The van der Waals surface area contributed by atoms with E-state index in [0.29, 0.717) is 5.75 Å². The Morgan fingerprint density at radius 3 is 2.18 bits per heavy atom. The third-order valence-electron chi connectivity index (χ3n) is 10.3. The van der Waals surface area contributed by atoms with E-state index in [0.717, 1.165) is 124 Å². The molecule has 0 saturated heterocycles. The van der Waals surface area contributed by atoms with Gasteiger partial charge in [0.1, 0.15) is 0 Å². The van der Waals surface area contributed by atoms with Crippen LogP contribution < -0.4 is 14.5 Å². The van der Waals surface area contributed by atoms with E-state index in [4.69, 9.17) is 9.84 Å². The SMILES string of the molecule is CN(C)c1ccc(C(=C\[CH2][Pb])/C=C/C2=C(c3cc(C4CC4)cc(C4CC4)c3)C(=C/C=C3\C=[C]([Pb])Oc4cc(N(C)C)ccc43)/CCC2)c([OH2+])c1. The second-order valence-electron chi connectivity index (χ2n) is 14.5. The van der Waals surface area contributed by atoms with Crippen molar-refractivity contribution in [2.45, 2.75) is 60.8 Å². The van der Waals surface area contributed by atoms with Crippen molar-refractivity contribution in [1.82, 2.24) is 0 Å². The van der Waals surface area contributed by atoms with E-state index in [-0.39, 0.29) is 0 Å². The van der Waals surface area contributed by atoms with Crippen LogP contribution in [-0.2, 0) is 0 Å². The molecule has 2 N–H and O–H groups in total. The third-order valence-corrected chi connectivity index (χ3v) is 12.0. The van der Waals surface area contributed by atoms with Crippen LogP contribution in [0.3, 0.4) is 0 Å². The summed E-state index contributed by atoms with van der Waals surface area (Å²) in [6.45, 7) is 0. The van der Waals surface area contributed by atoms with E-state index in [1.165, 1.54) is 53.5 Å². The van der Waals surface area contributed by atoms with Crippen molar-refractivity contribution < 1.29 is 9.84 Å². The fourth-order valence-electron chi connectivity index (χ4n) is 7.19. The van der Waals surface area contributed by atoms with Gasteiger partial charge in [-0.2, -0.15) is 0 Å². The molecule has 2 fully saturated rings. The van der Waals surface area contributed by atoms with Gasteiger partial charge in [0.25, 0.3) is 0 Å². The third kappa shape index (κ3) is 8.11. The van der Waals surface area contributed by atoms with Gasteiger partial charge in [-0.1, -0.05) is 0 Å². The van der Waals surface area contributed by atoms with E-state index >= 15 is 0 Å². The molecule has 1 heterocycles. The second-order valence-corrected chi connectivity index (χ2v) is 18.0. The maximum absolute atomic E-state index is 8.90. The molecule has 6 radical (unpaired) electrons. The van der Waals surface area contributed by atoms with Gasteiger partial charge in [0.15, 0.2) is 0 Å². The first-order valence-corrected chi connectivity index (χ1v) is 22.7. The molecule has 0 amide bonds. The average molecular weight is 1050 g/mol. The molecule has 3 aliphatic carbocycles. The number of ether oxygens (including phenoxy) is 1. The molecule has 0 bridgehead atoms. The molecule has 4 aliphatic rings. The Labute approximate surface area is 330 Å². The Balaban J connectivity index is 1.34. The second kappa shape index (κ2) is 15.4. The molecule has 252 valence electrons. The molecule has 6 heteroatoms. The topological polar surface area (TPSA) is 38.6 Å². The zero-order valence-corrected chi connectivity index (χ0v) is 37.5. The van der Waals surface area contributed by atoms with E-state index in [9.17, 15) is 0 Å². The monoisotopic (exact) mass is 1050 g/mol. The number of rotatable bonds is 10. The molecule has 50 heavy (non-hydrogen) atoms. The molecule has 0 aromatic heterocycles. The summed E-state index contributed by atoms with van der Waals surface area (Å²) in [5.74, 6) is 2.97. The molecule has 3 aromatic carbocycles. The zero-order valence-electron chi connectivity index (χ0n) is 29.8. The summed E-state index contributed by atoms with van der Waals surface area (Å²) in [6, 6.07) is 20.4. The van der Waals surface area contributed by atoms with Crippen molar-refractivity contribution in [3.63, 3.8) is 0 Å². The van der Waals surface area contributed by atoms with E-state index in [1.807, 2.05) is 20.2 Å². The van der Waals surface area contributed by atoms with Crippen LogP contribution in [0, 0.1) is 0 Å². The number of anilines is 2. The van der Waals surface area contributed by atoms with Gasteiger partial charge in [0, 0.05) is 0 Å². The van der Waals surface area contributed by atoms with Crippen LogP contribution in [0.15, 0.2) is 106 Å². The Morgan fingerprint density at radius 2 is 1.54 bits per heavy atom. The van der Waals surface area contributed by atoms with Crippen LogP contribution in [0.2, 0.25) is 3.98 Å². The first-order chi connectivity index (χ1) is 24.2. The Bertz CT molecular complexity index is 1960. The molecule has 7 rings (SSSR count). The van der Waals surface area contributed by atoms with Crippen LogP contribution in [0.25, 0.3) is 16.7 Å². The van der Waals surface area contributed by atoms with E-state index in [2.05, 4.69) is 109 Å². The van der Waals surface area contributed by atoms with Crippen molar-refractivity contribution >= 4 is 79.6 Å². The predicted octanol–water partition coefficient (Wildman–Crippen LogP) is 9.59. The quantitative estimate of drug-likeness (QED) is 0.116. The molecule has 0 atom stereocenters. The minimum absolute atomic E-state index is 0.583. The van der Waals surface area contributed by atoms with Crippen molar-refractivity contribution in [2.75, 3.05) is 38.0 Å². The Morgan fingerprint density at radius 1 is 0.860 bits per heavy atom. The van der Waals surface area contributed by atoms with Gasteiger partial charge >= 0.3 is 333 Å². The van der Waals surface area contributed by atoms with Crippen molar-refractivity contribution in [1.29, 1.82) is 0 Å². The van der Waals surface area contributed by atoms with Crippen LogP contribution in [-0.4, -0.2) is 84.8 Å². The van der Waals surface area contributed by atoms with Crippen molar-refractivity contribution in [2.24, 2.45) is 0 Å². The number of benzene rings is 3. The van der Waals surface area contributed by atoms with Gasteiger partial charge in [-0.05, 0) is 0 Å². The fourth-order valence-corrected chi connectivity index (χ4v) is 9.08. The van der Waals surface area contributed by atoms with Gasteiger partial charge in [0.2, 0.25) is 0 Å². The minimum atomic E-state index is 0.583. The van der Waals surface area contributed by atoms with Crippen LogP contribution in [0.5, 0.6) is 11.5 Å². The predicted molar refractivity (Wildman–Crippen MR) is 214 cm³/mol. The summed E-state index contributed by atoms with van der Waals surface area (Å²) in [7, 11) is 8.23. The summed E-state index contributed by atoms with van der Waals surface area (Å²) in [6.07, 6.45) is 22.5. The van der Waals surface area contributed by atoms with Gasteiger partial charge in [-0.15, -0.1) is 0 Å². The molecular formula is C44H47N2O2Pb2+. The molecule has 0 unspecified atom stereocenters. The number of hydrogen-bond donors (Lipinski definition) is 0. The standard InChI is InChI=1S/C44H46N2O2.2Pb/c1-6-29(40-20-18-38(45(2)3)27-42(40)47)10-16-33-8-7-9-34(17-15-32-22-23-48-43-28-39(46(4)5)19-21-41(32)43)44(33)37-25-35(30-11-12-30)24-36(26-37)31-13-14-31;;/h6,10,15-22,24-28,30-31,47H,1,7-9,11-14H2,2-5H3;;/p+1/b16-10+,29-6-,32-15+,34-17+;;. The summed E-state index contributed by atoms with van der Waals surface area (Å²) >= 11 is 1.95. The molecule has 1 aliphatic heterocycles. The molecule has 3 aromatic rings. The summed E-state index contributed by atoms with van der Waals surface area (Å²) in [4.78, 5) is 4.20. The van der Waals surface area contributed by atoms with Crippen molar-refractivity contribution in [3.05, 3.63) is 133 Å². The van der Waals surface area contributed by atoms with E-state index in [1.54, 1.807) is 11.1 Å². The Hall–Kier alpha value is -2.86. The van der Waals surface area contributed by atoms with Crippen LogP contribution in [0.1, 0.15) is 84.6 Å². The first kappa shape index (κ1) is 35.5. The molecule has 4 nitrogen and oxygen atoms in total. The van der Waals surface area contributed by atoms with Crippen molar-refractivity contribution in [3.8, 4) is 11.5 Å². The van der Waals surface area contributed by atoms with Gasteiger partial charge in [-0.3, -0.25) is 0 Å². The van der Waals surface area contributed by atoms with Gasteiger partial charge < -0.3 is 0 Å². The van der Waals surface area contributed by atoms with Gasteiger partial charge in [0.05, 0.1) is 0 Å². The summed E-state index contributed by atoms with van der Waals surface area (Å²) in [5.41, 5.74) is 15.5. The molecule has 0 spiro atoms. The summed E-state index contributed by atoms with van der Waals surface area (Å²) < 4.78 is 8.38. The Kier molecular flexibility index (Phi) is 10.9. The zero-order chi connectivity index (χ0) is 34.9. The van der Waals surface area contributed by atoms with Gasteiger partial charge in [-0.25, -0.2) is 0 Å². The van der Waals surface area contributed by atoms with E-state index < -0.39 is 0 Å². The molecule has 2 saturated carbocycles. The maximum atomic E-state index is 8.90. The number of fused-ring (bicyclic) bond motifs is 1. The van der Waals surface area contributed by atoms with Crippen LogP contribution in [0.4, 0.5) is 11.4 Å². The van der Waals surface area contributed by atoms with Crippen LogP contribution >= 0.6 is 0 Å². The summed E-state index contributed by atoms with van der Waals surface area (Å²) in [5, 5.41) is 8.90. The fraction of sp³-hybridized carbons (Fsp3) is 0.318. The average Bonchev–Trinajstić information content (AvgIpc) is 4.02. The number of allylic oxidation sites excluding steroid dienone is 11. The molecular weight excluding hydrogens is 1000 g/mol. The first-order valence-electron chi connectivity index (χ1n) is 18.0. The number of nitrogens with zero attached hydrogens (tertiary/aromatic N) is 2. The number of hydrogen-bond acceptors (Lipinski definition) is 3.